The molecule has 138 valence electrons. The van der Waals surface area contributed by atoms with Crippen molar-refractivity contribution in [3.05, 3.63) is 58.4 Å². The molecule has 0 spiro atoms. The van der Waals surface area contributed by atoms with Crippen LogP contribution in [0, 0.1) is 0 Å². The summed E-state index contributed by atoms with van der Waals surface area (Å²) in [4.78, 5) is 16.3. The molecule has 5 nitrogen and oxygen atoms in total. The Morgan fingerprint density at radius 1 is 1.31 bits per heavy atom. The zero-order valence-electron chi connectivity index (χ0n) is 14.7. The van der Waals surface area contributed by atoms with E-state index in [4.69, 9.17) is 21.1 Å². The molecule has 0 saturated carbocycles. The third-order valence-electron chi connectivity index (χ3n) is 4.35. The first-order chi connectivity index (χ1) is 12.6. The van der Waals surface area contributed by atoms with Crippen molar-refractivity contribution >= 4 is 17.4 Å². The maximum Gasteiger partial charge on any atom is 0.138 e. The van der Waals surface area contributed by atoms with Crippen LogP contribution in [0.25, 0.3) is 0 Å². The van der Waals surface area contributed by atoms with E-state index in [0.29, 0.717) is 24.5 Å². The summed E-state index contributed by atoms with van der Waals surface area (Å²) in [6.07, 6.45) is 2.07. The van der Waals surface area contributed by atoms with E-state index in [-0.39, 0.29) is 24.9 Å². The van der Waals surface area contributed by atoms with Crippen molar-refractivity contribution in [2.24, 2.45) is 0 Å². The first kappa shape index (κ1) is 18.8. The van der Waals surface area contributed by atoms with E-state index in [0.717, 1.165) is 22.6 Å². The number of aliphatic hydroxyl groups excluding tert-OH is 1. The molecule has 1 N–H and O–H groups in total. The number of rotatable bonds is 6. The highest BCUT2D eigenvalue weighted by Gasteiger charge is 2.28. The lowest BCUT2D eigenvalue weighted by molar-refractivity contribution is -0.139. The number of nitrogens with zero attached hydrogens (tertiary/aromatic N) is 1. The summed E-state index contributed by atoms with van der Waals surface area (Å²) in [5, 5.41) is 9.95. The van der Waals surface area contributed by atoms with Crippen molar-refractivity contribution < 1.29 is 19.4 Å². The Balaban J connectivity index is 1.78. The molecule has 2 atom stereocenters. The fraction of sp³-hybridized carbons (Fsp3) is 0.400. The van der Waals surface area contributed by atoms with Gasteiger partial charge in [0.15, 0.2) is 0 Å². The van der Waals surface area contributed by atoms with Crippen LogP contribution in [-0.2, 0) is 16.0 Å². The van der Waals surface area contributed by atoms with Gasteiger partial charge in [-0.25, -0.2) is 0 Å². The van der Waals surface area contributed by atoms with Crippen LogP contribution in [0.15, 0.2) is 36.5 Å². The lowest BCUT2D eigenvalue weighted by atomic mass is 9.95. The number of Topliss-reactive ketones (excluding diaryl/α,β-unsaturated/α-hetero) is 1. The quantitative estimate of drug-likeness (QED) is 0.836. The monoisotopic (exact) mass is 375 g/mol. The molecule has 6 heteroatoms. The van der Waals surface area contributed by atoms with Gasteiger partial charge >= 0.3 is 0 Å². The standard InChI is InChI=1S/C20H22ClNO4/c1-2-25-17-5-4-15(22-11-17)8-14-7-13(3-6-19(14)21)20-10-16(24)9-18(12-23)26-20/h3-7,11,18,20,23H,2,8-10,12H2,1H3/t18-,20+/m0/s1. The zero-order chi connectivity index (χ0) is 18.5. The number of pyridine rings is 1. The van der Waals surface area contributed by atoms with Gasteiger partial charge in [-0.1, -0.05) is 23.7 Å². The summed E-state index contributed by atoms with van der Waals surface area (Å²) in [6, 6.07) is 9.44. The van der Waals surface area contributed by atoms with Crippen LogP contribution < -0.4 is 4.74 Å². The number of aromatic nitrogens is 1. The average molecular weight is 376 g/mol. The third kappa shape index (κ3) is 4.61. The number of ketones is 1. The molecule has 1 aliphatic rings. The second-order valence-electron chi connectivity index (χ2n) is 6.32. The zero-order valence-corrected chi connectivity index (χ0v) is 15.4. The molecule has 0 bridgehead atoms. The van der Waals surface area contributed by atoms with E-state index in [1.165, 1.54) is 0 Å². The maximum atomic E-state index is 11.9. The number of hydrogen-bond acceptors (Lipinski definition) is 5. The Hall–Kier alpha value is -1.95. The Morgan fingerprint density at radius 2 is 2.15 bits per heavy atom. The van der Waals surface area contributed by atoms with E-state index < -0.39 is 6.10 Å². The molecule has 0 radical (unpaired) electrons. The highest BCUT2D eigenvalue weighted by Crippen LogP contribution is 2.32. The van der Waals surface area contributed by atoms with E-state index in [9.17, 15) is 9.90 Å². The molecule has 2 aromatic rings. The first-order valence-corrected chi connectivity index (χ1v) is 9.11. The molecule has 0 unspecified atom stereocenters. The fourth-order valence-electron chi connectivity index (χ4n) is 3.07. The van der Waals surface area contributed by atoms with Crippen LogP contribution in [0.2, 0.25) is 5.02 Å². The van der Waals surface area contributed by atoms with Crippen LogP contribution in [-0.4, -0.2) is 35.2 Å². The average Bonchev–Trinajstić information content (AvgIpc) is 2.64. The van der Waals surface area contributed by atoms with Gasteiger partial charge in [0, 0.05) is 30.0 Å². The van der Waals surface area contributed by atoms with Gasteiger partial charge in [0.25, 0.3) is 0 Å². The van der Waals surface area contributed by atoms with Gasteiger partial charge in [-0.15, -0.1) is 0 Å². The molecule has 1 aromatic heterocycles. The van der Waals surface area contributed by atoms with Crippen molar-refractivity contribution in [3.8, 4) is 5.75 Å². The smallest absolute Gasteiger partial charge is 0.138 e. The number of ether oxygens (including phenoxy) is 2. The Labute approximate surface area is 157 Å². The Morgan fingerprint density at radius 3 is 2.85 bits per heavy atom. The summed E-state index contributed by atoms with van der Waals surface area (Å²) in [7, 11) is 0. The predicted molar refractivity (Wildman–Crippen MR) is 98.6 cm³/mol. The van der Waals surface area contributed by atoms with Crippen LogP contribution in [0.1, 0.15) is 42.7 Å². The van der Waals surface area contributed by atoms with Gasteiger partial charge in [0.05, 0.1) is 31.6 Å². The van der Waals surface area contributed by atoms with E-state index in [1.807, 2.05) is 37.3 Å². The molecular formula is C20H22ClNO4. The number of carbonyl (C=O) groups excluding carboxylic acids is 1. The molecule has 1 aromatic carbocycles. The van der Waals surface area contributed by atoms with E-state index in [2.05, 4.69) is 4.98 Å². The van der Waals surface area contributed by atoms with Gasteiger partial charge in [-0.3, -0.25) is 9.78 Å². The van der Waals surface area contributed by atoms with E-state index in [1.54, 1.807) is 6.20 Å². The molecule has 0 aliphatic carbocycles. The van der Waals surface area contributed by atoms with Crippen molar-refractivity contribution in [3.63, 3.8) is 0 Å². The molecule has 26 heavy (non-hydrogen) atoms. The normalized spacial score (nSPS) is 20.2. The molecule has 0 amide bonds. The topological polar surface area (TPSA) is 68.7 Å². The summed E-state index contributed by atoms with van der Waals surface area (Å²) < 4.78 is 11.2. The summed E-state index contributed by atoms with van der Waals surface area (Å²) in [5.41, 5.74) is 2.69. The fourth-order valence-corrected chi connectivity index (χ4v) is 3.25. The Kier molecular flexibility index (Phi) is 6.25. The molecule has 1 fully saturated rings. The minimum absolute atomic E-state index is 0.102. The third-order valence-corrected chi connectivity index (χ3v) is 4.72. The molecule has 1 saturated heterocycles. The molecule has 1 aliphatic heterocycles. The summed E-state index contributed by atoms with van der Waals surface area (Å²) in [6.45, 7) is 2.38. The van der Waals surface area contributed by atoms with Gasteiger partial charge < -0.3 is 14.6 Å². The Bertz CT molecular complexity index is 763. The minimum Gasteiger partial charge on any atom is -0.492 e. The van der Waals surface area contributed by atoms with Crippen molar-refractivity contribution in [1.82, 2.24) is 4.98 Å². The van der Waals surface area contributed by atoms with Gasteiger partial charge in [-0.05, 0) is 36.2 Å². The van der Waals surface area contributed by atoms with Crippen molar-refractivity contribution in [2.45, 2.75) is 38.4 Å². The molecule has 3 rings (SSSR count). The number of carbonyl (C=O) groups is 1. The van der Waals surface area contributed by atoms with Crippen molar-refractivity contribution in [2.75, 3.05) is 13.2 Å². The van der Waals surface area contributed by atoms with Crippen LogP contribution >= 0.6 is 11.6 Å². The SMILES string of the molecule is CCOc1ccc(Cc2cc([C@H]3CC(=O)C[C@@H](CO)O3)ccc2Cl)nc1. The predicted octanol–water partition coefficient (Wildman–Crippen LogP) is 3.51. The highest BCUT2D eigenvalue weighted by atomic mass is 35.5. The van der Waals surface area contributed by atoms with Crippen LogP contribution in [0.4, 0.5) is 0 Å². The first-order valence-electron chi connectivity index (χ1n) is 8.73. The van der Waals surface area contributed by atoms with Gasteiger partial charge in [0.1, 0.15) is 11.5 Å². The molecule has 2 heterocycles. The number of aliphatic hydroxyl groups is 1. The maximum absolute atomic E-state index is 11.9. The second-order valence-corrected chi connectivity index (χ2v) is 6.73. The number of hydrogen-bond donors (Lipinski definition) is 1. The van der Waals surface area contributed by atoms with Crippen LogP contribution in [0.5, 0.6) is 5.75 Å². The van der Waals surface area contributed by atoms with Gasteiger partial charge in [0.2, 0.25) is 0 Å². The van der Waals surface area contributed by atoms with Crippen LogP contribution in [0.3, 0.4) is 0 Å². The van der Waals surface area contributed by atoms with E-state index >= 15 is 0 Å². The number of benzene rings is 1. The minimum atomic E-state index is -0.437. The number of halogens is 1. The second kappa shape index (κ2) is 8.62. The highest BCUT2D eigenvalue weighted by molar-refractivity contribution is 6.31. The lowest BCUT2D eigenvalue weighted by Gasteiger charge is -2.28. The summed E-state index contributed by atoms with van der Waals surface area (Å²) in [5.74, 6) is 0.838. The molecular weight excluding hydrogens is 354 g/mol. The van der Waals surface area contributed by atoms with Crippen molar-refractivity contribution in [1.29, 1.82) is 0 Å². The van der Waals surface area contributed by atoms with Gasteiger partial charge in [-0.2, -0.15) is 0 Å². The lowest BCUT2D eigenvalue weighted by Crippen LogP contribution is -2.30. The summed E-state index contributed by atoms with van der Waals surface area (Å²) >= 11 is 6.35. The largest absolute Gasteiger partial charge is 0.492 e.